The van der Waals surface area contributed by atoms with E-state index >= 15 is 0 Å². The number of fused-ring (bicyclic) bond motifs is 1. The van der Waals surface area contributed by atoms with Gasteiger partial charge in [-0.1, -0.05) is 23.7 Å². The molecule has 1 N–H and O–H groups in total. The highest BCUT2D eigenvalue weighted by molar-refractivity contribution is 6.30. The number of carbonyl (C=O) groups is 1. The molecule has 0 aliphatic heterocycles. The fourth-order valence-electron chi connectivity index (χ4n) is 3.49. The second-order valence-corrected chi connectivity index (χ2v) is 7.27. The Morgan fingerprint density at radius 1 is 1.15 bits per heavy atom. The highest BCUT2D eigenvalue weighted by Crippen LogP contribution is 2.23. The number of hydrogen-bond donors (Lipinski definition) is 1. The molecule has 0 bridgehead atoms. The summed E-state index contributed by atoms with van der Waals surface area (Å²) in [5.74, 6) is 0.612. The quantitative estimate of drug-likeness (QED) is 0.729. The third-order valence-electron chi connectivity index (χ3n) is 4.87. The van der Waals surface area contributed by atoms with Crippen LogP contribution in [-0.2, 0) is 11.3 Å². The van der Waals surface area contributed by atoms with E-state index in [0.717, 1.165) is 36.7 Å². The van der Waals surface area contributed by atoms with Gasteiger partial charge in [-0.25, -0.2) is 9.97 Å². The van der Waals surface area contributed by atoms with Crippen molar-refractivity contribution < 1.29 is 9.53 Å². The Labute approximate surface area is 162 Å². The maximum Gasteiger partial charge on any atom is 0.240 e. The summed E-state index contributed by atoms with van der Waals surface area (Å²) >= 11 is 5.84. The first-order valence-corrected chi connectivity index (χ1v) is 9.52. The largest absolute Gasteiger partial charge is 0.474 e. The normalized spacial score (nSPS) is 19.7. The van der Waals surface area contributed by atoms with Gasteiger partial charge in [-0.05, 0) is 43.9 Å². The van der Waals surface area contributed by atoms with Crippen molar-refractivity contribution in [3.05, 3.63) is 53.9 Å². The van der Waals surface area contributed by atoms with Gasteiger partial charge in [0.2, 0.25) is 11.8 Å². The number of para-hydroxylation sites is 2. The standard InChI is InChI=1S/C20H21ClN4O2/c21-14-5-10-20(22-11-14)27-16-8-6-15(7-9-16)24-19(26)12-25-13-23-17-3-1-2-4-18(17)25/h1-5,10-11,13,15-16H,6-9,12H2,(H,24,26). The molecule has 27 heavy (non-hydrogen) atoms. The zero-order valence-electron chi connectivity index (χ0n) is 14.8. The Hall–Kier alpha value is -2.60. The van der Waals surface area contributed by atoms with E-state index < -0.39 is 0 Å². The van der Waals surface area contributed by atoms with Crippen LogP contribution in [0.3, 0.4) is 0 Å². The summed E-state index contributed by atoms with van der Waals surface area (Å²) in [6.07, 6.45) is 7.01. The molecule has 1 aromatic carbocycles. The Morgan fingerprint density at radius 2 is 1.96 bits per heavy atom. The van der Waals surface area contributed by atoms with E-state index in [4.69, 9.17) is 16.3 Å². The molecule has 7 heteroatoms. The molecular weight excluding hydrogens is 364 g/mol. The van der Waals surface area contributed by atoms with Crippen LogP contribution in [0.5, 0.6) is 5.88 Å². The van der Waals surface area contributed by atoms with Gasteiger partial charge in [0.05, 0.1) is 22.4 Å². The Bertz CT molecular complexity index is 917. The maximum atomic E-state index is 12.4. The molecule has 0 unspecified atom stereocenters. The van der Waals surface area contributed by atoms with Gasteiger partial charge in [0, 0.05) is 18.3 Å². The van der Waals surface area contributed by atoms with Gasteiger partial charge in [0.25, 0.3) is 0 Å². The predicted molar refractivity (Wildman–Crippen MR) is 104 cm³/mol. The summed E-state index contributed by atoms with van der Waals surface area (Å²) in [7, 11) is 0. The van der Waals surface area contributed by atoms with E-state index in [1.165, 1.54) is 0 Å². The van der Waals surface area contributed by atoms with Crippen LogP contribution in [0.2, 0.25) is 5.02 Å². The molecular formula is C20H21ClN4O2. The lowest BCUT2D eigenvalue weighted by Gasteiger charge is -2.29. The minimum atomic E-state index is 0.0156. The van der Waals surface area contributed by atoms with Crippen molar-refractivity contribution in [1.82, 2.24) is 19.9 Å². The van der Waals surface area contributed by atoms with E-state index in [2.05, 4.69) is 15.3 Å². The van der Waals surface area contributed by atoms with E-state index in [0.29, 0.717) is 10.9 Å². The van der Waals surface area contributed by atoms with Crippen LogP contribution in [0.25, 0.3) is 11.0 Å². The second-order valence-electron chi connectivity index (χ2n) is 6.83. The third-order valence-corrected chi connectivity index (χ3v) is 5.09. The van der Waals surface area contributed by atoms with E-state index in [9.17, 15) is 4.79 Å². The van der Waals surface area contributed by atoms with Gasteiger partial charge in [-0.3, -0.25) is 4.79 Å². The van der Waals surface area contributed by atoms with Crippen molar-refractivity contribution in [3.8, 4) is 5.88 Å². The zero-order valence-corrected chi connectivity index (χ0v) is 15.6. The number of nitrogens with one attached hydrogen (secondary N) is 1. The van der Waals surface area contributed by atoms with Crippen LogP contribution in [0.1, 0.15) is 25.7 Å². The number of pyridine rings is 1. The second kappa shape index (κ2) is 7.96. The number of carbonyl (C=O) groups excluding carboxylic acids is 1. The number of hydrogen-bond acceptors (Lipinski definition) is 4. The minimum absolute atomic E-state index is 0.0156. The molecule has 140 valence electrons. The molecule has 0 saturated heterocycles. The maximum absolute atomic E-state index is 12.4. The van der Waals surface area contributed by atoms with Gasteiger partial charge in [-0.2, -0.15) is 0 Å². The fraction of sp³-hybridized carbons (Fsp3) is 0.350. The molecule has 0 spiro atoms. The number of benzene rings is 1. The SMILES string of the molecule is O=C(Cn1cnc2ccccc21)NC1CCC(Oc2ccc(Cl)cn2)CC1. The molecule has 1 saturated carbocycles. The van der Waals surface area contributed by atoms with Crippen LogP contribution in [0.4, 0.5) is 0 Å². The lowest BCUT2D eigenvalue weighted by Crippen LogP contribution is -2.41. The van der Waals surface area contributed by atoms with Crippen molar-refractivity contribution in [2.75, 3.05) is 0 Å². The van der Waals surface area contributed by atoms with Crippen molar-refractivity contribution in [2.24, 2.45) is 0 Å². The molecule has 6 nitrogen and oxygen atoms in total. The minimum Gasteiger partial charge on any atom is -0.474 e. The molecule has 1 amide bonds. The highest BCUT2D eigenvalue weighted by atomic mass is 35.5. The average Bonchev–Trinajstić information content (AvgIpc) is 3.08. The fourth-order valence-corrected chi connectivity index (χ4v) is 3.60. The van der Waals surface area contributed by atoms with Crippen molar-refractivity contribution in [1.29, 1.82) is 0 Å². The van der Waals surface area contributed by atoms with E-state index in [-0.39, 0.29) is 24.6 Å². The summed E-state index contributed by atoms with van der Waals surface area (Å²) < 4.78 is 7.78. The lowest BCUT2D eigenvalue weighted by atomic mass is 9.93. The van der Waals surface area contributed by atoms with Crippen LogP contribution < -0.4 is 10.1 Å². The van der Waals surface area contributed by atoms with Crippen LogP contribution in [0.15, 0.2) is 48.9 Å². The van der Waals surface area contributed by atoms with Crippen LogP contribution in [0, 0.1) is 0 Å². The van der Waals surface area contributed by atoms with Crippen molar-refractivity contribution in [2.45, 2.75) is 44.4 Å². The predicted octanol–water partition coefficient (Wildman–Crippen LogP) is 3.59. The smallest absolute Gasteiger partial charge is 0.240 e. The Kier molecular flexibility index (Phi) is 5.25. The molecule has 1 aliphatic rings. The molecule has 1 aliphatic carbocycles. The van der Waals surface area contributed by atoms with Gasteiger partial charge in [0.15, 0.2) is 0 Å². The zero-order chi connectivity index (χ0) is 18.6. The number of nitrogens with zero attached hydrogens (tertiary/aromatic N) is 3. The Balaban J connectivity index is 1.26. The molecule has 3 aromatic rings. The molecule has 4 rings (SSSR count). The summed E-state index contributed by atoms with van der Waals surface area (Å²) in [6, 6.07) is 11.6. The van der Waals surface area contributed by atoms with E-state index in [1.54, 1.807) is 24.7 Å². The molecule has 0 radical (unpaired) electrons. The van der Waals surface area contributed by atoms with E-state index in [1.807, 2.05) is 28.8 Å². The summed E-state index contributed by atoms with van der Waals surface area (Å²) in [5.41, 5.74) is 1.87. The van der Waals surface area contributed by atoms with Gasteiger partial charge in [-0.15, -0.1) is 0 Å². The van der Waals surface area contributed by atoms with Crippen LogP contribution in [-0.4, -0.2) is 32.6 Å². The number of halogens is 1. The lowest BCUT2D eigenvalue weighted by molar-refractivity contribution is -0.122. The molecule has 0 atom stereocenters. The van der Waals surface area contributed by atoms with Gasteiger partial charge >= 0.3 is 0 Å². The Morgan fingerprint density at radius 3 is 2.74 bits per heavy atom. The number of amides is 1. The number of ether oxygens (including phenoxy) is 1. The number of imidazole rings is 1. The number of aromatic nitrogens is 3. The summed E-state index contributed by atoms with van der Waals surface area (Å²) in [6.45, 7) is 0.283. The van der Waals surface area contributed by atoms with Gasteiger partial charge in [0.1, 0.15) is 12.6 Å². The van der Waals surface area contributed by atoms with Crippen LogP contribution >= 0.6 is 11.6 Å². The monoisotopic (exact) mass is 384 g/mol. The first kappa shape index (κ1) is 17.8. The topological polar surface area (TPSA) is 69.0 Å². The summed E-state index contributed by atoms with van der Waals surface area (Å²) in [5, 5.41) is 3.73. The molecule has 2 aromatic heterocycles. The van der Waals surface area contributed by atoms with Gasteiger partial charge < -0.3 is 14.6 Å². The number of rotatable bonds is 5. The summed E-state index contributed by atoms with van der Waals surface area (Å²) in [4.78, 5) is 20.9. The first-order chi connectivity index (χ1) is 13.2. The first-order valence-electron chi connectivity index (χ1n) is 9.15. The average molecular weight is 385 g/mol. The molecule has 1 fully saturated rings. The van der Waals surface area contributed by atoms with Crippen molar-refractivity contribution >= 4 is 28.5 Å². The molecule has 2 heterocycles. The third kappa shape index (κ3) is 4.39. The highest BCUT2D eigenvalue weighted by Gasteiger charge is 2.24. The van der Waals surface area contributed by atoms with Crippen molar-refractivity contribution in [3.63, 3.8) is 0 Å².